The highest BCUT2D eigenvalue weighted by Gasteiger charge is 1.98. The number of guanidine groups is 1. The number of nitrogens with two attached hydrogens (primary N) is 1. The quantitative estimate of drug-likeness (QED) is 0.431. The Morgan fingerprint density at radius 2 is 2.44 bits per heavy atom. The molecule has 0 aliphatic rings. The SMILES string of the molecule is C=C(C)CN=C(N)NCCc1ccnn1C. The van der Waals surface area contributed by atoms with Crippen LogP contribution < -0.4 is 11.1 Å². The number of aromatic nitrogens is 2. The fourth-order valence-electron chi connectivity index (χ4n) is 1.24. The average Bonchev–Trinajstić information content (AvgIpc) is 2.61. The molecule has 0 unspecified atom stereocenters. The largest absolute Gasteiger partial charge is 0.370 e. The van der Waals surface area contributed by atoms with Crippen molar-refractivity contribution < 1.29 is 0 Å². The second-order valence-electron chi connectivity index (χ2n) is 3.78. The smallest absolute Gasteiger partial charge is 0.188 e. The van der Waals surface area contributed by atoms with E-state index in [0.717, 1.165) is 18.5 Å². The molecule has 16 heavy (non-hydrogen) atoms. The molecule has 1 aromatic rings. The zero-order chi connectivity index (χ0) is 12.0. The Hall–Kier alpha value is -1.78. The molecule has 0 aliphatic carbocycles. The maximum absolute atomic E-state index is 5.67. The van der Waals surface area contributed by atoms with Crippen LogP contribution in [0.2, 0.25) is 0 Å². The van der Waals surface area contributed by atoms with E-state index in [1.54, 1.807) is 6.20 Å². The molecule has 88 valence electrons. The van der Waals surface area contributed by atoms with Gasteiger partial charge in [0.25, 0.3) is 0 Å². The van der Waals surface area contributed by atoms with Crippen molar-refractivity contribution in [3.05, 3.63) is 30.1 Å². The second-order valence-corrected chi connectivity index (χ2v) is 3.78. The first-order valence-electron chi connectivity index (χ1n) is 5.24. The fraction of sp³-hybridized carbons (Fsp3) is 0.455. The van der Waals surface area contributed by atoms with Crippen molar-refractivity contribution in [2.45, 2.75) is 13.3 Å². The molecule has 0 spiro atoms. The topological polar surface area (TPSA) is 68.2 Å². The molecule has 1 aromatic heterocycles. The number of nitrogens with one attached hydrogen (secondary N) is 1. The number of rotatable bonds is 5. The van der Waals surface area contributed by atoms with E-state index < -0.39 is 0 Å². The van der Waals surface area contributed by atoms with E-state index in [2.05, 4.69) is 22.0 Å². The Morgan fingerprint density at radius 1 is 1.69 bits per heavy atom. The first-order chi connectivity index (χ1) is 7.59. The molecule has 0 fully saturated rings. The molecule has 3 N–H and O–H groups in total. The molecule has 0 bridgehead atoms. The van der Waals surface area contributed by atoms with Gasteiger partial charge >= 0.3 is 0 Å². The van der Waals surface area contributed by atoms with Crippen molar-refractivity contribution in [3.63, 3.8) is 0 Å². The lowest BCUT2D eigenvalue weighted by Gasteiger charge is -2.05. The maximum atomic E-state index is 5.67. The van der Waals surface area contributed by atoms with Crippen LogP contribution >= 0.6 is 0 Å². The minimum absolute atomic E-state index is 0.463. The molecule has 0 amide bonds. The van der Waals surface area contributed by atoms with Gasteiger partial charge in [-0.25, -0.2) is 4.99 Å². The van der Waals surface area contributed by atoms with Crippen LogP contribution in [0.15, 0.2) is 29.4 Å². The summed E-state index contributed by atoms with van der Waals surface area (Å²) in [7, 11) is 1.92. The number of hydrogen-bond donors (Lipinski definition) is 2. The summed E-state index contributed by atoms with van der Waals surface area (Å²) < 4.78 is 1.85. The molecule has 0 saturated carbocycles. The normalized spacial score (nSPS) is 11.5. The van der Waals surface area contributed by atoms with Crippen molar-refractivity contribution in [2.24, 2.45) is 17.8 Å². The van der Waals surface area contributed by atoms with Crippen LogP contribution in [0, 0.1) is 0 Å². The van der Waals surface area contributed by atoms with Crippen LogP contribution in [0.1, 0.15) is 12.6 Å². The average molecular weight is 221 g/mol. The zero-order valence-electron chi connectivity index (χ0n) is 9.90. The van der Waals surface area contributed by atoms with Gasteiger partial charge in [0, 0.05) is 31.9 Å². The van der Waals surface area contributed by atoms with E-state index in [1.165, 1.54) is 5.69 Å². The Balaban J connectivity index is 2.28. The monoisotopic (exact) mass is 221 g/mol. The lowest BCUT2D eigenvalue weighted by molar-refractivity contribution is 0.694. The van der Waals surface area contributed by atoms with Gasteiger partial charge in [0.05, 0.1) is 6.54 Å². The molecule has 1 heterocycles. The van der Waals surface area contributed by atoms with Gasteiger partial charge < -0.3 is 11.1 Å². The highest BCUT2D eigenvalue weighted by atomic mass is 15.3. The van der Waals surface area contributed by atoms with Crippen molar-refractivity contribution in [1.29, 1.82) is 0 Å². The summed E-state index contributed by atoms with van der Waals surface area (Å²) in [6.45, 7) is 7.01. The summed E-state index contributed by atoms with van der Waals surface area (Å²) >= 11 is 0. The molecular formula is C11H19N5. The number of nitrogens with zero attached hydrogens (tertiary/aromatic N) is 3. The van der Waals surface area contributed by atoms with Crippen LogP contribution in [0.25, 0.3) is 0 Å². The Morgan fingerprint density at radius 3 is 3.00 bits per heavy atom. The molecular weight excluding hydrogens is 202 g/mol. The predicted molar refractivity (Wildman–Crippen MR) is 66.2 cm³/mol. The van der Waals surface area contributed by atoms with Gasteiger partial charge in [0.1, 0.15) is 0 Å². The minimum Gasteiger partial charge on any atom is -0.370 e. The summed E-state index contributed by atoms with van der Waals surface area (Å²) in [4.78, 5) is 4.13. The van der Waals surface area contributed by atoms with E-state index >= 15 is 0 Å². The fourth-order valence-corrected chi connectivity index (χ4v) is 1.24. The molecule has 1 rings (SSSR count). The van der Waals surface area contributed by atoms with Gasteiger partial charge in [-0.2, -0.15) is 5.10 Å². The highest BCUT2D eigenvalue weighted by molar-refractivity contribution is 5.77. The summed E-state index contributed by atoms with van der Waals surface area (Å²) in [5.74, 6) is 0.463. The molecule has 5 nitrogen and oxygen atoms in total. The van der Waals surface area contributed by atoms with E-state index in [9.17, 15) is 0 Å². The third kappa shape index (κ3) is 4.16. The molecule has 0 aromatic carbocycles. The van der Waals surface area contributed by atoms with Gasteiger partial charge in [0.2, 0.25) is 0 Å². The highest BCUT2D eigenvalue weighted by Crippen LogP contribution is 1.95. The lowest BCUT2D eigenvalue weighted by atomic mass is 10.3. The number of aryl methyl sites for hydroxylation is 1. The first-order valence-corrected chi connectivity index (χ1v) is 5.24. The van der Waals surface area contributed by atoms with E-state index in [4.69, 9.17) is 5.73 Å². The summed E-state index contributed by atoms with van der Waals surface area (Å²) in [5.41, 5.74) is 7.84. The third-order valence-corrected chi connectivity index (χ3v) is 2.13. The second kappa shape index (κ2) is 5.95. The van der Waals surface area contributed by atoms with Crippen LogP contribution in [-0.4, -0.2) is 28.8 Å². The van der Waals surface area contributed by atoms with E-state index in [-0.39, 0.29) is 0 Å². The maximum Gasteiger partial charge on any atom is 0.188 e. The minimum atomic E-state index is 0.463. The first kappa shape index (κ1) is 12.3. The van der Waals surface area contributed by atoms with E-state index in [1.807, 2.05) is 24.7 Å². The molecule has 0 radical (unpaired) electrons. The van der Waals surface area contributed by atoms with Crippen LogP contribution in [0.5, 0.6) is 0 Å². The molecule has 5 heteroatoms. The van der Waals surface area contributed by atoms with Gasteiger partial charge in [-0.15, -0.1) is 0 Å². The number of aliphatic imine (C=N–C) groups is 1. The summed E-state index contributed by atoms with van der Waals surface area (Å²) in [6, 6.07) is 1.99. The van der Waals surface area contributed by atoms with Gasteiger partial charge in [-0.3, -0.25) is 4.68 Å². The lowest BCUT2D eigenvalue weighted by Crippen LogP contribution is -2.33. The van der Waals surface area contributed by atoms with Crippen molar-refractivity contribution >= 4 is 5.96 Å². The van der Waals surface area contributed by atoms with Gasteiger partial charge in [-0.1, -0.05) is 12.2 Å². The van der Waals surface area contributed by atoms with Gasteiger partial charge in [0.15, 0.2) is 5.96 Å². The van der Waals surface area contributed by atoms with Crippen molar-refractivity contribution in [3.8, 4) is 0 Å². The van der Waals surface area contributed by atoms with Crippen molar-refractivity contribution in [1.82, 2.24) is 15.1 Å². The molecule has 0 aliphatic heterocycles. The summed E-state index contributed by atoms with van der Waals surface area (Å²) in [5, 5.41) is 7.14. The van der Waals surface area contributed by atoms with Crippen LogP contribution in [-0.2, 0) is 13.5 Å². The predicted octanol–water partition coefficient (Wildman–Crippen LogP) is 0.443. The van der Waals surface area contributed by atoms with Crippen molar-refractivity contribution in [2.75, 3.05) is 13.1 Å². The Kier molecular flexibility index (Phi) is 4.57. The molecule has 0 atom stereocenters. The Labute approximate surface area is 96.1 Å². The number of hydrogen-bond acceptors (Lipinski definition) is 2. The van der Waals surface area contributed by atoms with Crippen LogP contribution in [0.4, 0.5) is 0 Å². The van der Waals surface area contributed by atoms with Gasteiger partial charge in [-0.05, 0) is 13.0 Å². The standard InChI is InChI=1S/C11H19N5/c1-9(2)8-14-11(12)13-6-4-10-5-7-15-16(10)3/h5,7H,1,4,6,8H2,2-3H3,(H3,12,13,14). The Bertz CT molecular complexity index is 377. The van der Waals surface area contributed by atoms with E-state index in [0.29, 0.717) is 12.5 Å². The molecule has 0 saturated heterocycles. The zero-order valence-corrected chi connectivity index (χ0v) is 9.90. The summed E-state index contributed by atoms with van der Waals surface area (Å²) in [6.07, 6.45) is 2.66. The third-order valence-electron chi connectivity index (χ3n) is 2.13. The van der Waals surface area contributed by atoms with Crippen LogP contribution in [0.3, 0.4) is 0 Å².